The molecule has 0 radical (unpaired) electrons. The van der Waals surface area contributed by atoms with Crippen LogP contribution in [0.15, 0.2) is 54.6 Å². The Morgan fingerprint density at radius 1 is 1.17 bits per heavy atom. The number of piperidine rings is 1. The normalized spacial score (nSPS) is 15.8. The minimum Gasteiger partial charge on any atom is -0.388 e. The quantitative estimate of drug-likeness (QED) is 0.536. The van der Waals surface area contributed by atoms with Gasteiger partial charge in [-0.05, 0) is 36.5 Å². The van der Waals surface area contributed by atoms with Gasteiger partial charge in [-0.3, -0.25) is 10.1 Å². The number of benzene rings is 2. The maximum absolute atomic E-state index is 11.0. The molecule has 29 heavy (non-hydrogen) atoms. The molecule has 1 unspecified atom stereocenters. The van der Waals surface area contributed by atoms with Crippen LogP contribution < -0.4 is 4.90 Å². The summed E-state index contributed by atoms with van der Waals surface area (Å²) in [4.78, 5) is 17.3. The number of nitro groups is 1. The molecule has 1 aromatic heterocycles. The molecule has 1 aliphatic rings. The third-order valence-electron chi connectivity index (χ3n) is 5.56. The van der Waals surface area contributed by atoms with Crippen molar-refractivity contribution < 1.29 is 10.0 Å². The van der Waals surface area contributed by atoms with Gasteiger partial charge in [0, 0.05) is 30.6 Å². The lowest BCUT2D eigenvalue weighted by Gasteiger charge is -2.35. The second-order valence-corrected chi connectivity index (χ2v) is 7.28. The summed E-state index contributed by atoms with van der Waals surface area (Å²) in [6.07, 6.45) is 1.15. The van der Waals surface area contributed by atoms with Crippen molar-refractivity contribution in [3.63, 3.8) is 0 Å². The highest BCUT2D eigenvalue weighted by molar-refractivity contribution is 5.88. The number of aliphatic hydroxyl groups is 1. The van der Waals surface area contributed by atoms with Crippen molar-refractivity contribution in [2.24, 2.45) is 5.92 Å². The maximum Gasteiger partial charge on any atom is 0.270 e. The minimum atomic E-state index is -0.488. The Balaban J connectivity index is 1.55. The van der Waals surface area contributed by atoms with Gasteiger partial charge in [0.15, 0.2) is 0 Å². The van der Waals surface area contributed by atoms with E-state index in [1.54, 1.807) is 12.1 Å². The van der Waals surface area contributed by atoms with Crippen molar-refractivity contribution >= 4 is 22.4 Å². The summed E-state index contributed by atoms with van der Waals surface area (Å²) < 4.78 is 0. The number of non-ortho nitro benzene ring substituents is 1. The average molecular weight is 388 g/mol. The number of pyridine rings is 1. The molecule has 1 fully saturated rings. The molecule has 1 atom stereocenters. The Kier molecular flexibility index (Phi) is 5.10. The molecule has 0 amide bonds. The smallest absolute Gasteiger partial charge is 0.270 e. The molecular weight excluding hydrogens is 368 g/mol. The molecule has 0 aliphatic carbocycles. The lowest BCUT2D eigenvalue weighted by atomic mass is 9.87. The Morgan fingerprint density at radius 2 is 1.90 bits per heavy atom. The van der Waals surface area contributed by atoms with E-state index in [0.29, 0.717) is 22.3 Å². The van der Waals surface area contributed by atoms with Gasteiger partial charge in [-0.15, -0.1) is 0 Å². The second kappa shape index (κ2) is 7.86. The van der Waals surface area contributed by atoms with Crippen LogP contribution in [0.1, 0.15) is 30.1 Å². The predicted octanol–water partition coefficient (Wildman–Crippen LogP) is 3.96. The van der Waals surface area contributed by atoms with Crippen molar-refractivity contribution in [2.75, 3.05) is 18.0 Å². The topological polar surface area (TPSA) is 103 Å². The van der Waals surface area contributed by atoms with Crippen LogP contribution in [0, 0.1) is 27.4 Å². The number of hydrogen-bond donors (Lipinski definition) is 1. The molecule has 7 heteroatoms. The van der Waals surface area contributed by atoms with Crippen LogP contribution >= 0.6 is 0 Å². The monoisotopic (exact) mass is 388 g/mol. The first-order valence-electron chi connectivity index (χ1n) is 9.54. The highest BCUT2D eigenvalue weighted by atomic mass is 16.6. The van der Waals surface area contributed by atoms with E-state index in [-0.39, 0.29) is 11.6 Å². The second-order valence-electron chi connectivity index (χ2n) is 7.28. The first-order valence-corrected chi connectivity index (χ1v) is 9.54. The molecule has 4 rings (SSSR count). The molecule has 1 saturated heterocycles. The predicted molar refractivity (Wildman–Crippen MR) is 109 cm³/mol. The number of aliphatic hydroxyl groups excluding tert-OH is 1. The van der Waals surface area contributed by atoms with Gasteiger partial charge >= 0.3 is 0 Å². The summed E-state index contributed by atoms with van der Waals surface area (Å²) in [6, 6.07) is 17.9. The van der Waals surface area contributed by atoms with Crippen LogP contribution in [-0.4, -0.2) is 28.1 Å². The highest BCUT2D eigenvalue weighted by Crippen LogP contribution is 2.33. The lowest BCUT2D eigenvalue weighted by Crippen LogP contribution is -2.36. The zero-order chi connectivity index (χ0) is 20.4. The SMILES string of the molecule is N#Cc1cc(N2CCC(C(O)c3ccccc3)CC2)nc2ccc([N+](=O)[O-])cc12. The number of rotatable bonds is 4. The zero-order valence-electron chi connectivity index (χ0n) is 15.7. The molecule has 146 valence electrons. The summed E-state index contributed by atoms with van der Waals surface area (Å²) >= 11 is 0. The largest absolute Gasteiger partial charge is 0.388 e. The Hall–Kier alpha value is -3.50. The van der Waals surface area contributed by atoms with Crippen molar-refractivity contribution in [3.05, 3.63) is 75.8 Å². The van der Waals surface area contributed by atoms with Crippen LogP contribution in [0.4, 0.5) is 11.5 Å². The summed E-state index contributed by atoms with van der Waals surface area (Å²) in [6.45, 7) is 1.45. The molecule has 3 aromatic rings. The zero-order valence-corrected chi connectivity index (χ0v) is 15.7. The highest BCUT2D eigenvalue weighted by Gasteiger charge is 2.27. The van der Waals surface area contributed by atoms with Crippen molar-refractivity contribution in [1.29, 1.82) is 5.26 Å². The molecular formula is C22H20N4O3. The number of hydrogen-bond acceptors (Lipinski definition) is 6. The van der Waals surface area contributed by atoms with Crippen molar-refractivity contribution in [2.45, 2.75) is 18.9 Å². The van der Waals surface area contributed by atoms with E-state index in [9.17, 15) is 20.5 Å². The fourth-order valence-corrected chi connectivity index (χ4v) is 3.93. The molecule has 1 N–H and O–H groups in total. The molecule has 1 aliphatic heterocycles. The third-order valence-corrected chi connectivity index (χ3v) is 5.56. The number of nitrogens with zero attached hydrogens (tertiary/aromatic N) is 4. The van der Waals surface area contributed by atoms with Gasteiger partial charge in [-0.2, -0.15) is 5.26 Å². The number of nitriles is 1. The van der Waals surface area contributed by atoms with Crippen LogP contribution in [0.25, 0.3) is 10.9 Å². The van der Waals surface area contributed by atoms with E-state index < -0.39 is 11.0 Å². The average Bonchev–Trinajstić information content (AvgIpc) is 2.78. The standard InChI is InChI=1S/C22H20N4O3/c23-14-17-12-21(24-20-7-6-18(26(28)29)13-19(17)20)25-10-8-16(9-11-25)22(27)15-4-2-1-3-5-15/h1-7,12-13,16,22,27H,8-11H2. The number of fused-ring (bicyclic) bond motifs is 1. The van der Waals surface area contributed by atoms with Crippen LogP contribution in [0.2, 0.25) is 0 Å². The number of nitro benzene ring substituents is 1. The first kappa shape index (κ1) is 18.8. The molecule has 0 bridgehead atoms. The van der Waals surface area contributed by atoms with Crippen LogP contribution in [0.3, 0.4) is 0 Å². The maximum atomic E-state index is 11.0. The van der Waals surface area contributed by atoms with Gasteiger partial charge in [0.2, 0.25) is 0 Å². The van der Waals surface area contributed by atoms with Gasteiger partial charge in [0.05, 0.1) is 28.2 Å². The van der Waals surface area contributed by atoms with Gasteiger partial charge in [-0.1, -0.05) is 30.3 Å². The van der Waals surface area contributed by atoms with E-state index in [1.165, 1.54) is 12.1 Å². The van der Waals surface area contributed by atoms with Gasteiger partial charge < -0.3 is 10.0 Å². The summed E-state index contributed by atoms with van der Waals surface area (Å²) in [5.41, 5.74) is 1.82. The Bertz CT molecular complexity index is 1090. The van der Waals surface area contributed by atoms with E-state index in [2.05, 4.69) is 16.0 Å². The van der Waals surface area contributed by atoms with E-state index >= 15 is 0 Å². The summed E-state index contributed by atoms with van der Waals surface area (Å²) in [7, 11) is 0. The number of aromatic nitrogens is 1. The van der Waals surface area contributed by atoms with Crippen molar-refractivity contribution in [1.82, 2.24) is 4.98 Å². The molecule has 7 nitrogen and oxygen atoms in total. The third kappa shape index (κ3) is 3.75. The molecule has 0 spiro atoms. The molecule has 2 aromatic carbocycles. The van der Waals surface area contributed by atoms with Crippen LogP contribution in [-0.2, 0) is 0 Å². The summed E-state index contributed by atoms with van der Waals surface area (Å²) in [5.74, 6) is 0.864. The first-order chi connectivity index (χ1) is 14.1. The Morgan fingerprint density at radius 3 is 2.55 bits per heavy atom. The molecule has 0 saturated carbocycles. The van der Waals surface area contributed by atoms with E-state index in [0.717, 1.165) is 31.5 Å². The number of anilines is 1. The Labute approximate surface area is 168 Å². The molecule has 2 heterocycles. The van der Waals surface area contributed by atoms with E-state index in [1.807, 2.05) is 30.3 Å². The van der Waals surface area contributed by atoms with Crippen LogP contribution in [0.5, 0.6) is 0 Å². The lowest BCUT2D eigenvalue weighted by molar-refractivity contribution is -0.384. The minimum absolute atomic E-state index is 0.0562. The van der Waals surface area contributed by atoms with Crippen molar-refractivity contribution in [3.8, 4) is 6.07 Å². The summed E-state index contributed by atoms with van der Waals surface area (Å²) in [5, 5.41) is 31.7. The van der Waals surface area contributed by atoms with E-state index in [4.69, 9.17) is 0 Å². The van der Waals surface area contributed by atoms with Gasteiger partial charge in [0.25, 0.3) is 5.69 Å². The van der Waals surface area contributed by atoms with Gasteiger partial charge in [0.1, 0.15) is 5.82 Å². The van der Waals surface area contributed by atoms with Gasteiger partial charge in [-0.25, -0.2) is 4.98 Å². The fourth-order valence-electron chi connectivity index (χ4n) is 3.93. The fraction of sp³-hybridized carbons (Fsp3) is 0.273.